The maximum atomic E-state index is 12.9. The molecule has 1 N–H and O–H groups in total. The topological polar surface area (TPSA) is 88.2 Å². The lowest BCUT2D eigenvalue weighted by Crippen LogP contribution is -2.48. The number of carbonyl (C=O) groups is 3. The van der Waals surface area contributed by atoms with Gasteiger partial charge in [-0.3, -0.25) is 9.59 Å². The Bertz CT molecular complexity index is 967. The van der Waals surface area contributed by atoms with E-state index in [1.54, 1.807) is 54.3 Å². The molecule has 3 rings (SSSR count). The second-order valence-corrected chi connectivity index (χ2v) is 7.13. The zero-order valence-corrected chi connectivity index (χ0v) is 18.0. The summed E-state index contributed by atoms with van der Waals surface area (Å²) in [7, 11) is 1.31. The molecule has 2 aromatic carbocycles. The lowest BCUT2D eigenvalue weighted by molar-refractivity contribution is -0.129. The molecule has 8 nitrogen and oxygen atoms in total. The van der Waals surface area contributed by atoms with Crippen molar-refractivity contribution in [2.75, 3.05) is 50.1 Å². The first kappa shape index (κ1) is 22.1. The van der Waals surface area contributed by atoms with Crippen molar-refractivity contribution in [3.8, 4) is 5.75 Å². The minimum Gasteiger partial charge on any atom is -0.494 e. The molecule has 0 unspecified atom stereocenters. The fourth-order valence-electron chi connectivity index (χ4n) is 3.51. The molecule has 164 valence electrons. The highest BCUT2D eigenvalue weighted by Crippen LogP contribution is 2.29. The van der Waals surface area contributed by atoms with E-state index >= 15 is 0 Å². The predicted octanol–water partition coefficient (Wildman–Crippen LogP) is 2.79. The Hall–Kier alpha value is -3.55. The zero-order chi connectivity index (χ0) is 22.4. The Balaban J connectivity index is 1.87. The predicted molar refractivity (Wildman–Crippen MR) is 118 cm³/mol. The molecule has 1 fully saturated rings. The molecule has 1 saturated heterocycles. The molecule has 0 spiro atoms. The number of piperazine rings is 1. The van der Waals surface area contributed by atoms with Gasteiger partial charge in [0.15, 0.2) is 0 Å². The molecule has 8 heteroatoms. The average Bonchev–Trinajstić information content (AvgIpc) is 2.79. The Morgan fingerprint density at radius 3 is 2.39 bits per heavy atom. The number of carbonyl (C=O) groups excluding carboxylic acids is 3. The minimum atomic E-state index is -0.484. The maximum Gasteiger partial charge on any atom is 0.337 e. The molecule has 1 heterocycles. The highest BCUT2D eigenvalue weighted by Gasteiger charge is 2.22. The summed E-state index contributed by atoms with van der Waals surface area (Å²) in [5.41, 5.74) is 2.07. The number of anilines is 2. The molecule has 2 amide bonds. The van der Waals surface area contributed by atoms with E-state index in [1.165, 1.54) is 7.11 Å². The van der Waals surface area contributed by atoms with Gasteiger partial charge in [0.05, 0.1) is 30.7 Å². The molecule has 0 atom stereocenters. The Kier molecular flexibility index (Phi) is 7.12. The standard InChI is InChI=1S/C23H27N3O5/c1-4-31-19-7-5-6-17(14-19)22(28)24-20-15-18(23(29)30-3)8-9-21(20)26-12-10-25(11-13-26)16(2)27/h5-9,14-15H,4,10-13H2,1-3H3,(H,24,28). The van der Waals surface area contributed by atoms with E-state index in [9.17, 15) is 14.4 Å². The van der Waals surface area contributed by atoms with Gasteiger partial charge in [0, 0.05) is 38.7 Å². The van der Waals surface area contributed by atoms with Gasteiger partial charge in [-0.15, -0.1) is 0 Å². The van der Waals surface area contributed by atoms with E-state index < -0.39 is 5.97 Å². The lowest BCUT2D eigenvalue weighted by Gasteiger charge is -2.36. The van der Waals surface area contributed by atoms with Crippen LogP contribution >= 0.6 is 0 Å². The van der Waals surface area contributed by atoms with E-state index in [0.717, 1.165) is 5.69 Å². The van der Waals surface area contributed by atoms with Crippen molar-refractivity contribution in [2.24, 2.45) is 0 Å². The van der Waals surface area contributed by atoms with E-state index in [-0.39, 0.29) is 11.8 Å². The van der Waals surface area contributed by atoms with Crippen LogP contribution in [0, 0.1) is 0 Å². The van der Waals surface area contributed by atoms with Crippen LogP contribution in [0.4, 0.5) is 11.4 Å². The van der Waals surface area contributed by atoms with Gasteiger partial charge in [-0.2, -0.15) is 0 Å². The quantitative estimate of drug-likeness (QED) is 0.716. The molecule has 0 aromatic heterocycles. The highest BCUT2D eigenvalue weighted by atomic mass is 16.5. The first-order chi connectivity index (χ1) is 14.9. The fourth-order valence-corrected chi connectivity index (χ4v) is 3.51. The average molecular weight is 425 g/mol. The first-order valence-electron chi connectivity index (χ1n) is 10.2. The third kappa shape index (κ3) is 5.33. The normalized spacial score (nSPS) is 13.5. The largest absolute Gasteiger partial charge is 0.494 e. The Morgan fingerprint density at radius 2 is 1.74 bits per heavy atom. The molecule has 0 bridgehead atoms. The number of methoxy groups -OCH3 is 1. The summed E-state index contributed by atoms with van der Waals surface area (Å²) in [6.45, 7) is 6.38. The van der Waals surface area contributed by atoms with Gasteiger partial charge in [0.1, 0.15) is 5.75 Å². The molecule has 0 aliphatic carbocycles. The summed E-state index contributed by atoms with van der Waals surface area (Å²) in [6, 6.07) is 12.0. The second-order valence-electron chi connectivity index (χ2n) is 7.13. The van der Waals surface area contributed by atoms with Crippen LogP contribution in [0.3, 0.4) is 0 Å². The van der Waals surface area contributed by atoms with Gasteiger partial charge in [0.2, 0.25) is 5.91 Å². The van der Waals surface area contributed by atoms with Crippen LogP contribution in [0.15, 0.2) is 42.5 Å². The van der Waals surface area contributed by atoms with E-state index in [2.05, 4.69) is 10.2 Å². The van der Waals surface area contributed by atoms with E-state index in [1.807, 2.05) is 6.92 Å². The third-order valence-electron chi connectivity index (χ3n) is 5.14. The molecule has 0 saturated carbocycles. The van der Waals surface area contributed by atoms with Crippen molar-refractivity contribution in [2.45, 2.75) is 13.8 Å². The smallest absolute Gasteiger partial charge is 0.337 e. The highest BCUT2D eigenvalue weighted by molar-refractivity contribution is 6.07. The summed E-state index contributed by atoms with van der Waals surface area (Å²) in [6.07, 6.45) is 0. The number of amides is 2. The number of hydrogen-bond acceptors (Lipinski definition) is 6. The van der Waals surface area contributed by atoms with Crippen molar-refractivity contribution < 1.29 is 23.9 Å². The van der Waals surface area contributed by atoms with Gasteiger partial charge < -0.3 is 24.6 Å². The second kappa shape index (κ2) is 9.97. The number of rotatable bonds is 6. The van der Waals surface area contributed by atoms with Crippen LogP contribution in [0.25, 0.3) is 0 Å². The molecular weight excluding hydrogens is 398 g/mol. The fraction of sp³-hybridized carbons (Fsp3) is 0.348. The molecule has 1 aliphatic heterocycles. The molecule has 2 aromatic rings. The maximum absolute atomic E-state index is 12.9. The van der Waals surface area contributed by atoms with E-state index in [4.69, 9.17) is 9.47 Å². The SMILES string of the molecule is CCOc1cccc(C(=O)Nc2cc(C(=O)OC)ccc2N2CCN(C(C)=O)CC2)c1. The Labute approximate surface area is 181 Å². The first-order valence-corrected chi connectivity index (χ1v) is 10.2. The Morgan fingerprint density at radius 1 is 1.00 bits per heavy atom. The van der Waals surface area contributed by atoms with Crippen molar-refractivity contribution in [3.05, 3.63) is 53.6 Å². The summed E-state index contributed by atoms with van der Waals surface area (Å²) in [5.74, 6) is -0.142. The van der Waals surface area contributed by atoms with Crippen LogP contribution in [-0.4, -0.2) is 62.6 Å². The van der Waals surface area contributed by atoms with Gasteiger partial charge >= 0.3 is 5.97 Å². The van der Waals surface area contributed by atoms with Crippen LogP contribution in [-0.2, 0) is 9.53 Å². The summed E-state index contributed by atoms with van der Waals surface area (Å²) in [5, 5.41) is 2.92. The van der Waals surface area contributed by atoms with Crippen LogP contribution in [0.1, 0.15) is 34.6 Å². The molecule has 31 heavy (non-hydrogen) atoms. The lowest BCUT2D eigenvalue weighted by atomic mass is 10.1. The number of benzene rings is 2. The third-order valence-corrected chi connectivity index (χ3v) is 5.14. The molecule has 1 aliphatic rings. The number of nitrogens with zero attached hydrogens (tertiary/aromatic N) is 2. The minimum absolute atomic E-state index is 0.0448. The number of nitrogens with one attached hydrogen (secondary N) is 1. The van der Waals surface area contributed by atoms with Crippen molar-refractivity contribution in [1.82, 2.24) is 4.90 Å². The number of hydrogen-bond donors (Lipinski definition) is 1. The van der Waals surface area contributed by atoms with Crippen LogP contribution in [0.5, 0.6) is 5.75 Å². The van der Waals surface area contributed by atoms with Gasteiger partial charge in [-0.05, 0) is 43.3 Å². The summed E-state index contributed by atoms with van der Waals surface area (Å²) in [4.78, 5) is 40.5. The van der Waals surface area contributed by atoms with Gasteiger partial charge in [0.25, 0.3) is 5.91 Å². The molecule has 0 radical (unpaired) electrons. The van der Waals surface area contributed by atoms with Crippen molar-refractivity contribution in [3.63, 3.8) is 0 Å². The monoisotopic (exact) mass is 425 g/mol. The van der Waals surface area contributed by atoms with Crippen LogP contribution < -0.4 is 15.0 Å². The van der Waals surface area contributed by atoms with Crippen molar-refractivity contribution in [1.29, 1.82) is 0 Å². The summed E-state index contributed by atoms with van der Waals surface area (Å²) < 4.78 is 10.3. The van der Waals surface area contributed by atoms with Gasteiger partial charge in [-0.25, -0.2) is 4.79 Å². The van der Waals surface area contributed by atoms with Crippen LogP contribution in [0.2, 0.25) is 0 Å². The number of esters is 1. The molecular formula is C23H27N3O5. The van der Waals surface area contributed by atoms with Crippen molar-refractivity contribution >= 4 is 29.2 Å². The zero-order valence-electron chi connectivity index (χ0n) is 18.0. The summed E-state index contributed by atoms with van der Waals surface area (Å²) >= 11 is 0. The number of ether oxygens (including phenoxy) is 2. The van der Waals surface area contributed by atoms with Gasteiger partial charge in [-0.1, -0.05) is 6.07 Å². The van der Waals surface area contributed by atoms with E-state index in [0.29, 0.717) is 55.3 Å².